The Kier molecular flexibility index (Phi) is 8.62. The molecule has 0 atom stereocenters. The summed E-state index contributed by atoms with van der Waals surface area (Å²) in [5, 5.41) is 6.78. The summed E-state index contributed by atoms with van der Waals surface area (Å²) in [5.41, 5.74) is 4.85. The molecule has 2 aromatic carbocycles. The van der Waals surface area contributed by atoms with Gasteiger partial charge in [-0.25, -0.2) is 19.9 Å². The van der Waals surface area contributed by atoms with Crippen molar-refractivity contribution in [3.63, 3.8) is 0 Å². The average molecular weight is 599 g/mol. The number of nitrogens with zero attached hydrogens (tertiary/aromatic N) is 5. The molecule has 12 heteroatoms. The first-order valence-corrected chi connectivity index (χ1v) is 14.4. The average Bonchev–Trinajstić information content (AvgIpc) is 3.52. The van der Waals surface area contributed by atoms with Crippen molar-refractivity contribution < 1.29 is 14.3 Å². The summed E-state index contributed by atoms with van der Waals surface area (Å²) >= 11 is 6.98. The van der Waals surface area contributed by atoms with Crippen LogP contribution >= 0.6 is 11.6 Å². The quantitative estimate of drug-likeness (QED) is 0.199. The Morgan fingerprint density at radius 2 is 1.74 bits per heavy atom. The Bertz CT molecular complexity index is 1670. The number of hydrogen-bond donors (Lipinski definition) is 3. The predicted molar refractivity (Wildman–Crippen MR) is 165 cm³/mol. The number of aromatic amines is 1. The van der Waals surface area contributed by atoms with Gasteiger partial charge in [0.2, 0.25) is 5.95 Å². The van der Waals surface area contributed by atoms with Crippen LogP contribution in [0.25, 0.3) is 22.4 Å². The van der Waals surface area contributed by atoms with Gasteiger partial charge >= 0.3 is 0 Å². The van der Waals surface area contributed by atoms with Crippen LogP contribution < -0.4 is 20.1 Å². The van der Waals surface area contributed by atoms with Gasteiger partial charge in [0, 0.05) is 43.6 Å². The molecule has 0 spiro atoms. The Hall–Kier alpha value is -4.74. The highest BCUT2D eigenvalue weighted by molar-refractivity contribution is 6.37. The number of rotatable bonds is 10. The molecular formula is C31H31ClN8O3. The van der Waals surface area contributed by atoms with Crippen LogP contribution in [-0.4, -0.2) is 68.6 Å². The molecule has 3 aromatic heterocycles. The van der Waals surface area contributed by atoms with Gasteiger partial charge in [-0.2, -0.15) is 0 Å². The standard InChI is InChI=1S/C31H31ClN8O3/c1-42-23-7-3-20(4-8-23)17-40-15-11-22(12-16-40)37-28-26(32)27(39-30-29(28)35-19-36-30)21-5-9-24(10-6-21)43-18-25(41)38-31-33-13-2-14-34-31/h2-10,13-14,19,22H,11-12,15-18H2,1H3,(H,33,34,38,41)(H2,35,36,37,39). The van der Waals surface area contributed by atoms with E-state index in [0.717, 1.165) is 49.5 Å². The summed E-state index contributed by atoms with van der Waals surface area (Å²) in [4.78, 5) is 35.0. The van der Waals surface area contributed by atoms with Crippen LogP contribution in [0, 0.1) is 0 Å². The molecule has 1 fully saturated rings. The van der Waals surface area contributed by atoms with E-state index in [9.17, 15) is 4.79 Å². The van der Waals surface area contributed by atoms with Gasteiger partial charge in [-0.15, -0.1) is 0 Å². The van der Waals surface area contributed by atoms with Crippen LogP contribution in [0.15, 0.2) is 73.3 Å². The molecule has 0 saturated carbocycles. The van der Waals surface area contributed by atoms with Crippen LogP contribution in [0.3, 0.4) is 0 Å². The first-order chi connectivity index (χ1) is 21.1. The van der Waals surface area contributed by atoms with Crippen LogP contribution in [0.5, 0.6) is 11.5 Å². The van der Waals surface area contributed by atoms with Crippen LogP contribution in [0.1, 0.15) is 18.4 Å². The molecule has 11 nitrogen and oxygen atoms in total. The SMILES string of the molecule is COc1ccc(CN2CCC(Nc3c(Cl)c(-c4ccc(OCC(=O)Nc5ncccn5)cc4)nc4[nH]cnc34)CC2)cc1. The van der Waals surface area contributed by atoms with E-state index in [0.29, 0.717) is 27.6 Å². The number of H-pyrrole nitrogens is 1. The van der Waals surface area contributed by atoms with Crippen molar-refractivity contribution in [1.29, 1.82) is 0 Å². The second kappa shape index (κ2) is 13.1. The number of pyridine rings is 1. The zero-order valence-corrected chi connectivity index (χ0v) is 24.3. The number of amides is 1. The number of hydrogen-bond acceptors (Lipinski definition) is 9. The molecule has 1 saturated heterocycles. The van der Waals surface area contributed by atoms with Crippen molar-refractivity contribution in [3.05, 3.63) is 83.9 Å². The molecule has 220 valence electrons. The molecule has 0 radical (unpaired) electrons. The van der Waals surface area contributed by atoms with Gasteiger partial charge in [-0.3, -0.25) is 15.0 Å². The summed E-state index contributed by atoms with van der Waals surface area (Å²) in [6.07, 6.45) is 6.69. The second-order valence-corrected chi connectivity index (χ2v) is 10.6. The van der Waals surface area contributed by atoms with Gasteiger partial charge in [0.05, 0.1) is 29.8 Å². The lowest BCUT2D eigenvalue weighted by Gasteiger charge is -2.33. The number of piperidine rings is 1. The fourth-order valence-electron chi connectivity index (χ4n) is 5.07. The first kappa shape index (κ1) is 28.4. The Labute approximate surface area is 253 Å². The minimum atomic E-state index is -0.355. The number of methoxy groups -OCH3 is 1. The molecule has 1 aliphatic rings. The predicted octanol–water partition coefficient (Wildman–Crippen LogP) is 5.17. The van der Waals surface area contributed by atoms with E-state index in [4.69, 9.17) is 26.1 Å². The highest BCUT2D eigenvalue weighted by Crippen LogP contribution is 2.38. The molecule has 0 aliphatic carbocycles. The van der Waals surface area contributed by atoms with Gasteiger partial charge in [0.1, 0.15) is 17.0 Å². The molecule has 1 amide bonds. The third-order valence-electron chi connectivity index (χ3n) is 7.32. The zero-order chi connectivity index (χ0) is 29.6. The Morgan fingerprint density at radius 1 is 1.02 bits per heavy atom. The van der Waals surface area contributed by atoms with Crippen molar-refractivity contribution in [2.75, 3.05) is 37.4 Å². The Balaban J connectivity index is 1.10. The van der Waals surface area contributed by atoms with E-state index in [1.807, 2.05) is 24.3 Å². The van der Waals surface area contributed by atoms with E-state index in [-0.39, 0.29) is 24.5 Å². The minimum Gasteiger partial charge on any atom is -0.497 e. The van der Waals surface area contributed by atoms with Gasteiger partial charge in [-0.05, 0) is 60.9 Å². The zero-order valence-electron chi connectivity index (χ0n) is 23.6. The molecule has 3 N–H and O–H groups in total. The molecule has 6 rings (SSSR count). The number of fused-ring (bicyclic) bond motifs is 1. The monoisotopic (exact) mass is 598 g/mol. The summed E-state index contributed by atoms with van der Waals surface area (Å²) in [6, 6.07) is 17.5. The molecule has 5 aromatic rings. The molecular weight excluding hydrogens is 568 g/mol. The summed E-state index contributed by atoms with van der Waals surface area (Å²) in [6.45, 7) is 2.68. The topological polar surface area (TPSA) is 130 Å². The molecule has 43 heavy (non-hydrogen) atoms. The molecule has 0 bridgehead atoms. The van der Waals surface area contributed by atoms with Gasteiger partial charge < -0.3 is 19.8 Å². The highest BCUT2D eigenvalue weighted by Gasteiger charge is 2.23. The number of imidazole rings is 1. The van der Waals surface area contributed by atoms with E-state index in [1.165, 1.54) is 5.56 Å². The summed E-state index contributed by atoms with van der Waals surface area (Å²) in [5.74, 6) is 1.27. The first-order valence-electron chi connectivity index (χ1n) is 14.0. The van der Waals surface area contributed by atoms with Crippen molar-refractivity contribution >= 4 is 40.3 Å². The van der Waals surface area contributed by atoms with E-state index >= 15 is 0 Å². The van der Waals surface area contributed by atoms with E-state index in [2.05, 4.69) is 47.6 Å². The van der Waals surface area contributed by atoms with Crippen molar-refractivity contribution in [3.8, 4) is 22.8 Å². The lowest BCUT2D eigenvalue weighted by atomic mass is 10.0. The van der Waals surface area contributed by atoms with E-state index < -0.39 is 0 Å². The maximum absolute atomic E-state index is 12.2. The van der Waals surface area contributed by atoms with Crippen molar-refractivity contribution in [1.82, 2.24) is 29.8 Å². The maximum atomic E-state index is 12.2. The van der Waals surface area contributed by atoms with Crippen molar-refractivity contribution in [2.24, 2.45) is 0 Å². The number of likely N-dealkylation sites (tertiary alicyclic amines) is 1. The van der Waals surface area contributed by atoms with Crippen LogP contribution in [0.2, 0.25) is 5.02 Å². The number of carbonyl (C=O) groups is 1. The lowest BCUT2D eigenvalue weighted by molar-refractivity contribution is -0.118. The summed E-state index contributed by atoms with van der Waals surface area (Å²) < 4.78 is 10.9. The number of anilines is 2. The van der Waals surface area contributed by atoms with Crippen molar-refractivity contribution in [2.45, 2.75) is 25.4 Å². The van der Waals surface area contributed by atoms with Gasteiger partial charge in [0.25, 0.3) is 5.91 Å². The molecule has 1 aliphatic heterocycles. The second-order valence-electron chi connectivity index (χ2n) is 10.2. The fraction of sp³-hybridized carbons (Fsp3) is 0.258. The largest absolute Gasteiger partial charge is 0.497 e. The number of benzene rings is 2. The maximum Gasteiger partial charge on any atom is 0.264 e. The number of nitrogens with one attached hydrogen (secondary N) is 3. The fourth-order valence-corrected chi connectivity index (χ4v) is 5.37. The molecule has 0 unspecified atom stereocenters. The lowest BCUT2D eigenvalue weighted by Crippen LogP contribution is -2.38. The number of aromatic nitrogens is 5. The Morgan fingerprint density at radius 3 is 2.47 bits per heavy atom. The third kappa shape index (κ3) is 6.85. The minimum absolute atomic E-state index is 0.177. The summed E-state index contributed by atoms with van der Waals surface area (Å²) in [7, 11) is 1.68. The van der Waals surface area contributed by atoms with Crippen LogP contribution in [-0.2, 0) is 11.3 Å². The van der Waals surface area contributed by atoms with Gasteiger partial charge in [0.15, 0.2) is 12.3 Å². The highest BCUT2D eigenvalue weighted by atomic mass is 35.5. The number of carbonyl (C=O) groups excluding carboxylic acids is 1. The molecule has 4 heterocycles. The van der Waals surface area contributed by atoms with Gasteiger partial charge in [-0.1, -0.05) is 23.7 Å². The normalized spacial score (nSPS) is 14.0. The number of halogens is 1. The van der Waals surface area contributed by atoms with Crippen LogP contribution in [0.4, 0.5) is 11.6 Å². The smallest absolute Gasteiger partial charge is 0.264 e. The third-order valence-corrected chi connectivity index (χ3v) is 7.69. The van der Waals surface area contributed by atoms with E-state index in [1.54, 1.807) is 44.0 Å². The number of ether oxygens (including phenoxy) is 2.